The molecule has 5 aliphatic carbocycles. The summed E-state index contributed by atoms with van der Waals surface area (Å²) in [5.41, 5.74) is -0.205. The largest absolute Gasteiger partial charge is 0.504 e. The van der Waals surface area contributed by atoms with Crippen LogP contribution in [0.15, 0.2) is 29.8 Å². The smallest absolute Gasteiger partial charge is 0.338 e. The fourth-order valence-electron chi connectivity index (χ4n) is 12.1. The monoisotopic (exact) mass is 638 g/mol. The highest BCUT2D eigenvalue weighted by Gasteiger charge is 2.67. The Balaban J connectivity index is 1.29. The van der Waals surface area contributed by atoms with Crippen LogP contribution < -0.4 is 4.74 Å². The van der Waals surface area contributed by atoms with E-state index in [1.165, 1.54) is 30.9 Å². The number of aliphatic hydroxyl groups is 2. The highest BCUT2D eigenvalue weighted by atomic mass is 16.5. The first-order valence-electron chi connectivity index (χ1n) is 17.4. The van der Waals surface area contributed by atoms with Crippen molar-refractivity contribution in [2.45, 2.75) is 111 Å². The lowest BCUT2D eigenvalue weighted by molar-refractivity contribution is -0.200. The first-order valence-corrected chi connectivity index (χ1v) is 17.4. The number of fused-ring (bicyclic) bond motifs is 6. The number of carboxylic acid groups (broad SMARTS) is 1. The number of allylic oxidation sites excluding steroid dienone is 2. The molecule has 5 aliphatic rings. The number of carbonyl (C=O) groups excluding carboxylic acids is 1. The number of hydrogen-bond donors (Lipinski definition) is 4. The number of carbonyl (C=O) groups is 2. The Bertz CT molecular complexity index is 1420. The molecular weight excluding hydrogens is 584 g/mol. The molecule has 8 heteroatoms. The highest BCUT2D eigenvalue weighted by Crippen LogP contribution is 2.70. The topological polar surface area (TPSA) is 134 Å². The quantitative estimate of drug-likeness (QED) is 0.206. The lowest BCUT2D eigenvalue weighted by Gasteiger charge is -2.63. The Morgan fingerprint density at radius 3 is 2.30 bits per heavy atom. The van der Waals surface area contributed by atoms with E-state index >= 15 is 0 Å². The van der Waals surface area contributed by atoms with Crippen molar-refractivity contribution in [3.63, 3.8) is 0 Å². The summed E-state index contributed by atoms with van der Waals surface area (Å²) in [5, 5.41) is 42.4. The number of aliphatic hydroxyl groups excluding tert-OH is 2. The molecule has 4 saturated carbocycles. The van der Waals surface area contributed by atoms with Crippen molar-refractivity contribution in [3.05, 3.63) is 35.4 Å². The number of hydrogen-bond acceptors (Lipinski definition) is 7. The number of benzene rings is 1. The molecule has 11 atom stereocenters. The van der Waals surface area contributed by atoms with E-state index in [0.717, 1.165) is 51.4 Å². The van der Waals surface area contributed by atoms with Gasteiger partial charge in [-0.1, -0.05) is 39.3 Å². The maximum absolute atomic E-state index is 13.4. The fourth-order valence-corrected chi connectivity index (χ4v) is 12.1. The van der Waals surface area contributed by atoms with Gasteiger partial charge in [-0.2, -0.15) is 0 Å². The predicted molar refractivity (Wildman–Crippen MR) is 173 cm³/mol. The van der Waals surface area contributed by atoms with E-state index in [-0.39, 0.29) is 51.8 Å². The van der Waals surface area contributed by atoms with Crippen LogP contribution in [-0.4, -0.2) is 58.3 Å². The van der Waals surface area contributed by atoms with E-state index in [4.69, 9.17) is 9.47 Å². The van der Waals surface area contributed by atoms with Crippen LogP contribution in [0.4, 0.5) is 0 Å². The summed E-state index contributed by atoms with van der Waals surface area (Å²) in [5.74, 6) is -0.683. The molecule has 254 valence electrons. The van der Waals surface area contributed by atoms with E-state index in [0.29, 0.717) is 24.7 Å². The molecule has 46 heavy (non-hydrogen) atoms. The van der Waals surface area contributed by atoms with Gasteiger partial charge in [-0.25, -0.2) is 4.79 Å². The number of esters is 1. The van der Waals surface area contributed by atoms with Gasteiger partial charge in [-0.3, -0.25) is 4.79 Å². The average molecular weight is 639 g/mol. The zero-order chi connectivity index (χ0) is 33.4. The number of rotatable bonds is 5. The Labute approximate surface area is 273 Å². The van der Waals surface area contributed by atoms with Gasteiger partial charge < -0.3 is 29.9 Å². The van der Waals surface area contributed by atoms with E-state index in [2.05, 4.69) is 33.8 Å². The summed E-state index contributed by atoms with van der Waals surface area (Å²) in [4.78, 5) is 26.6. The van der Waals surface area contributed by atoms with Crippen LogP contribution in [0.5, 0.6) is 11.5 Å². The van der Waals surface area contributed by atoms with Crippen LogP contribution in [0.1, 0.15) is 109 Å². The van der Waals surface area contributed by atoms with Gasteiger partial charge in [-0.05, 0) is 129 Å². The van der Waals surface area contributed by atoms with Gasteiger partial charge >= 0.3 is 11.9 Å². The van der Waals surface area contributed by atoms with E-state index in [9.17, 15) is 30.0 Å². The van der Waals surface area contributed by atoms with Crippen molar-refractivity contribution in [2.75, 3.05) is 13.7 Å². The Kier molecular flexibility index (Phi) is 8.15. The molecule has 0 aliphatic heterocycles. The summed E-state index contributed by atoms with van der Waals surface area (Å²) in [6.07, 6.45) is 9.73. The third-order valence-corrected chi connectivity index (χ3v) is 14.8. The molecule has 0 saturated heterocycles. The lowest BCUT2D eigenvalue weighted by atomic mass is 9.41. The second-order valence-electron chi connectivity index (χ2n) is 16.8. The number of carboxylic acids is 1. The molecule has 8 nitrogen and oxygen atoms in total. The van der Waals surface area contributed by atoms with Crippen LogP contribution >= 0.6 is 0 Å². The number of aromatic hydroxyl groups is 1. The third kappa shape index (κ3) is 4.67. The molecule has 6 rings (SSSR count). The van der Waals surface area contributed by atoms with Gasteiger partial charge in [0.25, 0.3) is 0 Å². The molecular formula is C38H54O8. The van der Waals surface area contributed by atoms with Crippen molar-refractivity contribution in [2.24, 2.45) is 50.7 Å². The highest BCUT2D eigenvalue weighted by molar-refractivity contribution is 5.90. The third-order valence-electron chi connectivity index (χ3n) is 14.8. The van der Waals surface area contributed by atoms with Gasteiger partial charge in [0.05, 0.1) is 25.4 Å². The molecule has 0 aromatic heterocycles. The molecule has 4 fully saturated rings. The summed E-state index contributed by atoms with van der Waals surface area (Å²) < 4.78 is 11.2. The van der Waals surface area contributed by atoms with Crippen molar-refractivity contribution in [1.29, 1.82) is 0 Å². The normalized spacial score (nSPS) is 45.1. The van der Waals surface area contributed by atoms with Crippen LogP contribution in [0, 0.1) is 50.7 Å². The molecule has 0 spiro atoms. The van der Waals surface area contributed by atoms with Crippen LogP contribution in [0.2, 0.25) is 0 Å². The van der Waals surface area contributed by atoms with Crippen LogP contribution in [-0.2, 0) is 9.53 Å². The number of phenolic OH excluding ortho intramolecular Hbond substituents is 1. The standard InChI is InChI=1S/C38H54O8/c1-34-16-13-29-36(3,18-15-31(38(29,5)33(43)44)46-32(42)22-7-10-25(40)26(19-22)45-6)27(34)12-9-24-23(20-34)8-11-28-35(24,2)17-14-30(41)37(28,4)21-39/h7-8,10,19,24,27-31,39-41H,9,11-18,20-21H2,1-6H3,(H,43,44). The molecule has 0 bridgehead atoms. The van der Waals surface area contributed by atoms with Crippen molar-refractivity contribution >= 4 is 11.9 Å². The summed E-state index contributed by atoms with van der Waals surface area (Å²) in [7, 11) is 1.41. The second kappa shape index (κ2) is 11.3. The second-order valence-corrected chi connectivity index (χ2v) is 16.8. The Morgan fingerprint density at radius 2 is 1.63 bits per heavy atom. The van der Waals surface area contributed by atoms with E-state index < -0.39 is 35.0 Å². The molecule has 1 aromatic carbocycles. The van der Waals surface area contributed by atoms with Gasteiger partial charge in [0, 0.05) is 5.41 Å². The molecule has 0 heterocycles. The molecule has 11 unspecified atom stereocenters. The zero-order valence-electron chi connectivity index (χ0n) is 28.5. The van der Waals surface area contributed by atoms with Crippen LogP contribution in [0.3, 0.4) is 0 Å². The molecule has 4 N–H and O–H groups in total. The lowest BCUT2D eigenvalue weighted by Crippen LogP contribution is -2.62. The molecule has 0 amide bonds. The number of aliphatic carboxylic acids is 1. The van der Waals surface area contributed by atoms with Gasteiger partial charge in [0.2, 0.25) is 0 Å². The van der Waals surface area contributed by atoms with Crippen molar-refractivity contribution in [3.8, 4) is 11.5 Å². The Hall–Kier alpha value is -2.58. The predicted octanol–water partition coefficient (Wildman–Crippen LogP) is 6.76. The van der Waals surface area contributed by atoms with Gasteiger partial charge in [0.1, 0.15) is 11.5 Å². The van der Waals surface area contributed by atoms with E-state index in [1.807, 2.05) is 0 Å². The van der Waals surface area contributed by atoms with Crippen molar-refractivity contribution in [1.82, 2.24) is 0 Å². The first-order chi connectivity index (χ1) is 21.6. The average Bonchev–Trinajstić information content (AvgIpc) is 3.18. The molecule has 0 radical (unpaired) electrons. The first kappa shape index (κ1) is 33.3. The number of ether oxygens (including phenoxy) is 2. The van der Waals surface area contributed by atoms with Gasteiger partial charge in [-0.15, -0.1) is 0 Å². The zero-order valence-corrected chi connectivity index (χ0v) is 28.5. The minimum absolute atomic E-state index is 0.00328. The minimum atomic E-state index is -1.25. The van der Waals surface area contributed by atoms with Crippen molar-refractivity contribution < 1.29 is 39.5 Å². The maximum Gasteiger partial charge on any atom is 0.338 e. The fraction of sp³-hybridized carbons (Fsp3) is 0.737. The maximum atomic E-state index is 13.4. The number of phenols is 1. The summed E-state index contributed by atoms with van der Waals surface area (Å²) in [6, 6.07) is 4.28. The minimum Gasteiger partial charge on any atom is -0.504 e. The summed E-state index contributed by atoms with van der Waals surface area (Å²) >= 11 is 0. The number of methoxy groups -OCH3 is 1. The summed E-state index contributed by atoms with van der Waals surface area (Å²) in [6.45, 7) is 11.0. The molecule has 1 aromatic rings. The van der Waals surface area contributed by atoms with Crippen LogP contribution in [0.25, 0.3) is 0 Å². The SMILES string of the molecule is COc1cc(C(=O)OC2CCC3(C)C4CCC5C(=CCC6C(C)(CO)C(O)CCC56C)CC4(C)CCC3C2(C)C(=O)O)ccc1O. The Morgan fingerprint density at radius 1 is 0.913 bits per heavy atom. The van der Waals surface area contributed by atoms with E-state index in [1.54, 1.807) is 6.92 Å². The van der Waals surface area contributed by atoms with Gasteiger partial charge in [0.15, 0.2) is 11.5 Å².